The summed E-state index contributed by atoms with van der Waals surface area (Å²) in [4.78, 5) is 10.0. The molecule has 0 radical (unpaired) electrons. The second-order valence-corrected chi connectivity index (χ2v) is 6.16. The van der Waals surface area contributed by atoms with Crippen molar-refractivity contribution in [1.82, 2.24) is 0 Å². The lowest BCUT2D eigenvalue weighted by Gasteiger charge is -2.01. The zero-order chi connectivity index (χ0) is 16.3. The Kier molecular flexibility index (Phi) is 4.22. The Morgan fingerprint density at radius 2 is 1.82 bits per heavy atom. The highest BCUT2D eigenvalue weighted by atomic mass is 32.2. The molecule has 7 nitrogen and oxygen atoms in total. The monoisotopic (exact) mass is 320 g/mol. The molecular weight excluding hydrogens is 308 g/mol. The molecule has 0 aromatic heterocycles. The van der Waals surface area contributed by atoms with Gasteiger partial charge in [-0.15, -0.1) is 0 Å². The van der Waals surface area contributed by atoms with Gasteiger partial charge >= 0.3 is 0 Å². The number of nitro benzene ring substituents is 1. The summed E-state index contributed by atoms with van der Waals surface area (Å²) >= 11 is 0. The van der Waals surface area contributed by atoms with Crippen LogP contribution < -0.4 is 0 Å². The van der Waals surface area contributed by atoms with E-state index in [1.165, 1.54) is 12.1 Å². The van der Waals surface area contributed by atoms with E-state index < -0.39 is 14.9 Å². The van der Waals surface area contributed by atoms with Crippen LogP contribution >= 0.6 is 0 Å². The Morgan fingerprint density at radius 1 is 1.18 bits per heavy atom. The van der Waals surface area contributed by atoms with E-state index in [2.05, 4.69) is 4.40 Å². The number of aryl methyl sites for hydroxylation is 1. The minimum atomic E-state index is -3.94. The van der Waals surface area contributed by atoms with Crippen LogP contribution in [0.1, 0.15) is 11.1 Å². The number of phenolic OH excluding ortho intramolecular Hbond substituents is 1. The first kappa shape index (κ1) is 15.6. The summed E-state index contributed by atoms with van der Waals surface area (Å²) in [5.74, 6) is -0.298. The zero-order valence-corrected chi connectivity index (χ0v) is 12.3. The van der Waals surface area contributed by atoms with Gasteiger partial charge in [-0.1, -0.05) is 17.7 Å². The van der Waals surface area contributed by atoms with Crippen LogP contribution in [0.25, 0.3) is 0 Å². The summed E-state index contributed by atoms with van der Waals surface area (Å²) in [5.41, 5.74) is 0.580. The van der Waals surface area contributed by atoms with Gasteiger partial charge in [0.15, 0.2) is 0 Å². The van der Waals surface area contributed by atoms with Gasteiger partial charge in [-0.25, -0.2) is 0 Å². The SMILES string of the molecule is Cc1ccc(S(=O)(=O)/N=C/c2cc([N+](=O)[O-])ccc2O)cc1. The van der Waals surface area contributed by atoms with E-state index >= 15 is 0 Å². The van der Waals surface area contributed by atoms with Crippen LogP contribution in [-0.4, -0.2) is 24.7 Å². The largest absolute Gasteiger partial charge is 0.507 e. The first-order chi connectivity index (χ1) is 10.3. The Hall–Kier alpha value is -2.74. The third-order valence-corrected chi connectivity index (χ3v) is 4.12. The lowest BCUT2D eigenvalue weighted by atomic mass is 10.2. The van der Waals surface area contributed by atoms with Crippen LogP contribution in [0.2, 0.25) is 0 Å². The minimum Gasteiger partial charge on any atom is -0.507 e. The van der Waals surface area contributed by atoms with Crippen molar-refractivity contribution >= 4 is 21.9 Å². The van der Waals surface area contributed by atoms with E-state index in [1.807, 2.05) is 6.92 Å². The number of nitrogens with zero attached hydrogens (tertiary/aromatic N) is 2. The van der Waals surface area contributed by atoms with E-state index in [-0.39, 0.29) is 21.9 Å². The molecule has 114 valence electrons. The number of benzene rings is 2. The molecular formula is C14H12N2O5S. The minimum absolute atomic E-state index is 0.000675. The number of sulfonamides is 1. The Bertz CT molecular complexity index is 842. The molecule has 0 aliphatic carbocycles. The normalized spacial score (nSPS) is 11.7. The van der Waals surface area contributed by atoms with Crippen molar-refractivity contribution in [2.75, 3.05) is 0 Å². The molecule has 0 saturated heterocycles. The summed E-state index contributed by atoms with van der Waals surface area (Å²) < 4.78 is 27.5. The Labute approximate surface area is 126 Å². The summed E-state index contributed by atoms with van der Waals surface area (Å²) in [6, 6.07) is 9.35. The maximum absolute atomic E-state index is 12.0. The van der Waals surface area contributed by atoms with Crippen molar-refractivity contribution in [2.24, 2.45) is 4.40 Å². The zero-order valence-electron chi connectivity index (χ0n) is 11.5. The molecule has 22 heavy (non-hydrogen) atoms. The van der Waals surface area contributed by atoms with Crippen molar-refractivity contribution in [3.05, 3.63) is 63.7 Å². The molecule has 1 N–H and O–H groups in total. The first-order valence-corrected chi connectivity index (χ1v) is 7.58. The predicted molar refractivity (Wildman–Crippen MR) is 80.7 cm³/mol. The lowest BCUT2D eigenvalue weighted by molar-refractivity contribution is -0.384. The highest BCUT2D eigenvalue weighted by molar-refractivity contribution is 7.90. The van der Waals surface area contributed by atoms with Gasteiger partial charge in [0.2, 0.25) is 0 Å². The highest BCUT2D eigenvalue weighted by Crippen LogP contribution is 2.22. The second-order valence-electron chi connectivity index (χ2n) is 4.52. The molecule has 2 rings (SSSR count). The van der Waals surface area contributed by atoms with Gasteiger partial charge in [0.1, 0.15) is 5.75 Å². The maximum Gasteiger partial charge on any atom is 0.282 e. The molecule has 0 unspecified atom stereocenters. The number of hydrogen-bond donors (Lipinski definition) is 1. The molecule has 8 heteroatoms. The van der Waals surface area contributed by atoms with E-state index in [0.717, 1.165) is 30.0 Å². The van der Waals surface area contributed by atoms with Crippen LogP contribution in [0.15, 0.2) is 51.8 Å². The molecule has 2 aromatic carbocycles. The van der Waals surface area contributed by atoms with E-state index in [4.69, 9.17) is 0 Å². The molecule has 0 aliphatic rings. The van der Waals surface area contributed by atoms with E-state index in [0.29, 0.717) is 0 Å². The quantitative estimate of drug-likeness (QED) is 0.528. The van der Waals surface area contributed by atoms with Crippen molar-refractivity contribution < 1.29 is 18.4 Å². The average Bonchev–Trinajstić information content (AvgIpc) is 2.46. The van der Waals surface area contributed by atoms with Gasteiger partial charge in [-0.2, -0.15) is 12.8 Å². The number of phenols is 1. The fourth-order valence-electron chi connectivity index (χ4n) is 1.66. The molecule has 0 atom stereocenters. The van der Waals surface area contributed by atoms with Gasteiger partial charge in [-0.3, -0.25) is 10.1 Å². The van der Waals surface area contributed by atoms with Crippen molar-refractivity contribution in [3.8, 4) is 5.75 Å². The van der Waals surface area contributed by atoms with Crippen LogP contribution in [0.4, 0.5) is 5.69 Å². The van der Waals surface area contributed by atoms with Crippen molar-refractivity contribution in [2.45, 2.75) is 11.8 Å². The molecule has 0 heterocycles. The third-order valence-electron chi connectivity index (χ3n) is 2.87. The molecule has 0 fully saturated rings. The summed E-state index contributed by atoms with van der Waals surface area (Å²) in [6.45, 7) is 1.82. The first-order valence-electron chi connectivity index (χ1n) is 6.14. The number of aromatic hydroxyl groups is 1. The highest BCUT2D eigenvalue weighted by Gasteiger charge is 2.13. The fourth-order valence-corrected chi connectivity index (χ4v) is 2.51. The summed E-state index contributed by atoms with van der Waals surface area (Å²) in [5, 5.41) is 20.3. The standard InChI is InChI=1S/C14H12N2O5S/c1-10-2-5-13(6-3-10)22(20,21)15-9-11-8-12(16(18)19)4-7-14(11)17/h2-9,17H,1H3/b15-9+. The van der Waals surface area contributed by atoms with Gasteiger partial charge < -0.3 is 5.11 Å². The van der Waals surface area contributed by atoms with Gasteiger partial charge in [0.05, 0.1) is 16.0 Å². The van der Waals surface area contributed by atoms with Crippen LogP contribution in [0.3, 0.4) is 0 Å². The van der Waals surface area contributed by atoms with Gasteiger partial charge in [0.25, 0.3) is 15.7 Å². The number of rotatable bonds is 4. The topological polar surface area (TPSA) is 110 Å². The molecule has 0 saturated carbocycles. The molecule has 0 spiro atoms. The van der Waals surface area contributed by atoms with Crippen molar-refractivity contribution in [1.29, 1.82) is 0 Å². The van der Waals surface area contributed by atoms with Gasteiger partial charge in [-0.05, 0) is 25.1 Å². The molecule has 2 aromatic rings. The van der Waals surface area contributed by atoms with E-state index in [9.17, 15) is 23.6 Å². The summed E-state index contributed by atoms with van der Waals surface area (Å²) in [7, 11) is -3.94. The Morgan fingerprint density at radius 3 is 2.41 bits per heavy atom. The van der Waals surface area contributed by atoms with Crippen molar-refractivity contribution in [3.63, 3.8) is 0 Å². The smallest absolute Gasteiger partial charge is 0.282 e. The van der Waals surface area contributed by atoms with E-state index in [1.54, 1.807) is 12.1 Å². The third kappa shape index (κ3) is 3.47. The van der Waals surface area contributed by atoms with Crippen LogP contribution in [0, 0.1) is 17.0 Å². The molecule has 0 aliphatic heterocycles. The average molecular weight is 320 g/mol. The Balaban J connectivity index is 2.37. The number of hydrogen-bond acceptors (Lipinski definition) is 5. The molecule has 0 amide bonds. The number of nitro groups is 1. The van der Waals surface area contributed by atoms with Crippen LogP contribution in [-0.2, 0) is 10.0 Å². The number of non-ortho nitro benzene ring substituents is 1. The predicted octanol–water partition coefficient (Wildman–Crippen LogP) is 2.42. The second kappa shape index (κ2) is 5.94. The lowest BCUT2D eigenvalue weighted by Crippen LogP contribution is -1.98. The molecule has 0 bridgehead atoms. The fraction of sp³-hybridized carbons (Fsp3) is 0.0714. The van der Waals surface area contributed by atoms with Gasteiger partial charge in [0, 0.05) is 17.7 Å². The maximum atomic E-state index is 12.0. The van der Waals surface area contributed by atoms with Crippen LogP contribution in [0.5, 0.6) is 5.75 Å². The summed E-state index contributed by atoms with van der Waals surface area (Å²) in [6.07, 6.45) is 0.886.